The first kappa shape index (κ1) is 22.7. The van der Waals surface area contributed by atoms with E-state index in [1.807, 2.05) is 0 Å². The van der Waals surface area contributed by atoms with Crippen molar-refractivity contribution >= 4 is 35.1 Å². The first-order valence-electron chi connectivity index (χ1n) is 11.9. The summed E-state index contributed by atoms with van der Waals surface area (Å²) in [6, 6.07) is 4.20. The van der Waals surface area contributed by atoms with Gasteiger partial charge in [-0.15, -0.1) is 0 Å². The predicted molar refractivity (Wildman–Crippen MR) is 121 cm³/mol. The number of methoxy groups -OCH3 is 1. The molecule has 4 atom stereocenters. The normalized spacial score (nSPS) is 31.5. The van der Waals surface area contributed by atoms with Crippen molar-refractivity contribution in [2.75, 3.05) is 26.8 Å². The molecule has 184 valence electrons. The number of ketones is 1. The van der Waals surface area contributed by atoms with Crippen molar-refractivity contribution < 1.29 is 28.3 Å². The number of benzene rings is 1. The van der Waals surface area contributed by atoms with Crippen LogP contribution in [0.5, 0.6) is 0 Å². The molecule has 3 heterocycles. The Kier molecular flexibility index (Phi) is 5.09. The molecule has 2 unspecified atom stereocenters. The van der Waals surface area contributed by atoms with E-state index in [0.717, 1.165) is 12.8 Å². The second-order valence-corrected chi connectivity index (χ2v) is 10.4. The fourth-order valence-electron chi connectivity index (χ4n) is 6.69. The number of carbonyl (C=O) groups is 4. The lowest BCUT2D eigenvalue weighted by atomic mass is 9.81. The minimum absolute atomic E-state index is 0.0535. The Bertz CT molecular complexity index is 1220. The Balaban J connectivity index is 1.37. The maximum atomic E-state index is 13.8. The summed E-state index contributed by atoms with van der Waals surface area (Å²) in [5.74, 6) is -3.60. The van der Waals surface area contributed by atoms with Crippen LogP contribution >= 0.6 is 11.6 Å². The average molecular weight is 502 g/mol. The molecule has 3 aliphatic heterocycles. The van der Waals surface area contributed by atoms with Gasteiger partial charge in [0.25, 0.3) is 11.8 Å². The number of halogens is 2. The number of piperidine rings is 1. The van der Waals surface area contributed by atoms with Gasteiger partial charge in [-0.25, -0.2) is 4.39 Å². The lowest BCUT2D eigenvalue weighted by Crippen LogP contribution is -2.61. The highest BCUT2D eigenvalue weighted by atomic mass is 35.5. The lowest BCUT2D eigenvalue weighted by Gasteiger charge is -2.44. The molecule has 10 heteroatoms. The third-order valence-corrected chi connectivity index (χ3v) is 8.63. The number of fused-ring (bicyclic) bond motifs is 5. The van der Waals surface area contributed by atoms with Gasteiger partial charge >= 0.3 is 0 Å². The lowest BCUT2D eigenvalue weighted by molar-refractivity contribution is -0.157. The zero-order chi connectivity index (χ0) is 24.6. The topological polar surface area (TPSA) is 87.2 Å². The van der Waals surface area contributed by atoms with Gasteiger partial charge in [-0.05, 0) is 54.9 Å². The summed E-state index contributed by atoms with van der Waals surface area (Å²) in [7, 11) is 1.56. The summed E-state index contributed by atoms with van der Waals surface area (Å²) < 4.78 is 18.8. The van der Waals surface area contributed by atoms with E-state index in [1.54, 1.807) is 12.0 Å². The van der Waals surface area contributed by atoms with Crippen LogP contribution < -0.4 is 0 Å². The SMILES string of the molecule is COCCN1C(=O)C2=C3CCN(Cc4ccc(F)c(Cl)c4)C(=O)C3C(=O)C(=O)N2C12CC[C@@H]1C[C@@H]12. The maximum absolute atomic E-state index is 13.8. The molecule has 1 aromatic rings. The molecule has 5 aliphatic rings. The van der Waals surface area contributed by atoms with Crippen molar-refractivity contribution in [1.29, 1.82) is 0 Å². The summed E-state index contributed by atoms with van der Waals surface area (Å²) in [6.45, 7) is 1.05. The molecule has 2 saturated heterocycles. The molecule has 8 nitrogen and oxygen atoms in total. The van der Waals surface area contributed by atoms with Crippen molar-refractivity contribution in [1.82, 2.24) is 14.7 Å². The highest BCUT2D eigenvalue weighted by Gasteiger charge is 2.72. The van der Waals surface area contributed by atoms with Crippen molar-refractivity contribution in [3.05, 3.63) is 45.9 Å². The monoisotopic (exact) mass is 501 g/mol. The van der Waals surface area contributed by atoms with Gasteiger partial charge in [0.1, 0.15) is 23.1 Å². The number of nitrogens with zero attached hydrogens (tertiary/aromatic N) is 3. The molecule has 35 heavy (non-hydrogen) atoms. The van der Waals surface area contributed by atoms with Crippen LogP contribution in [0.3, 0.4) is 0 Å². The van der Waals surface area contributed by atoms with E-state index in [1.165, 1.54) is 28.0 Å². The molecule has 4 fully saturated rings. The Morgan fingerprint density at radius 2 is 2.00 bits per heavy atom. The van der Waals surface area contributed by atoms with Crippen LogP contribution in [0.15, 0.2) is 29.5 Å². The van der Waals surface area contributed by atoms with E-state index in [0.29, 0.717) is 43.0 Å². The van der Waals surface area contributed by atoms with Crippen molar-refractivity contribution in [2.24, 2.45) is 17.8 Å². The van der Waals surface area contributed by atoms with Crippen molar-refractivity contribution in [2.45, 2.75) is 37.9 Å². The van der Waals surface area contributed by atoms with Gasteiger partial charge in [-0.1, -0.05) is 17.7 Å². The zero-order valence-electron chi connectivity index (χ0n) is 19.3. The third-order valence-electron chi connectivity index (χ3n) is 8.34. The number of likely N-dealkylation sites (tertiary alicyclic amines) is 1. The largest absolute Gasteiger partial charge is 0.383 e. The van der Waals surface area contributed by atoms with Gasteiger partial charge in [0.2, 0.25) is 11.7 Å². The van der Waals surface area contributed by atoms with Crippen LogP contribution in [0.2, 0.25) is 5.02 Å². The van der Waals surface area contributed by atoms with E-state index in [-0.39, 0.29) is 35.6 Å². The number of carbonyl (C=O) groups excluding carboxylic acids is 4. The van der Waals surface area contributed by atoms with Crippen molar-refractivity contribution in [3.8, 4) is 0 Å². The van der Waals surface area contributed by atoms with Crippen LogP contribution in [-0.4, -0.2) is 70.7 Å². The maximum Gasteiger partial charge on any atom is 0.297 e. The van der Waals surface area contributed by atoms with E-state index in [9.17, 15) is 23.6 Å². The van der Waals surface area contributed by atoms with Crippen LogP contribution in [0.4, 0.5) is 4.39 Å². The number of hydrogen-bond donors (Lipinski definition) is 0. The number of hydrogen-bond acceptors (Lipinski definition) is 5. The standard InChI is InChI=1S/C25H25ClFN3O5/c1-35-9-8-29-23(33)20-15-5-7-28(12-13-2-3-18(27)17(26)10-13)22(32)19(15)21(31)24(34)30(20)25(29)6-4-14-11-16(14)25/h2-3,10,14,16,19H,4-9,11-12H2,1H3/t14-,16+,19?,25?/m1/s1. The van der Waals surface area contributed by atoms with Crippen molar-refractivity contribution in [3.63, 3.8) is 0 Å². The second-order valence-electron chi connectivity index (χ2n) is 10.0. The summed E-state index contributed by atoms with van der Waals surface area (Å²) in [4.78, 5) is 58.8. The first-order valence-corrected chi connectivity index (χ1v) is 12.3. The number of Topliss-reactive ketones (excluding diaryl/α,β-unsaturated/α-hetero) is 1. The molecule has 0 bridgehead atoms. The average Bonchev–Trinajstić information content (AvgIpc) is 3.48. The van der Waals surface area contributed by atoms with Crippen LogP contribution in [-0.2, 0) is 30.5 Å². The number of amides is 3. The summed E-state index contributed by atoms with van der Waals surface area (Å²) >= 11 is 5.88. The predicted octanol–water partition coefficient (Wildman–Crippen LogP) is 2.11. The summed E-state index contributed by atoms with van der Waals surface area (Å²) in [5, 5.41) is -0.0535. The number of ether oxygens (including phenoxy) is 1. The Labute approximate surface area is 206 Å². The molecule has 0 aromatic heterocycles. The van der Waals surface area contributed by atoms with Crippen LogP contribution in [0.1, 0.15) is 31.2 Å². The Morgan fingerprint density at radius 1 is 1.20 bits per heavy atom. The molecule has 0 radical (unpaired) electrons. The number of rotatable bonds is 5. The Morgan fingerprint density at radius 3 is 2.66 bits per heavy atom. The van der Waals surface area contributed by atoms with E-state index in [2.05, 4.69) is 0 Å². The molecule has 6 rings (SSSR count). The molecular formula is C25H25ClFN3O5. The van der Waals surface area contributed by atoms with E-state index in [4.69, 9.17) is 16.3 Å². The van der Waals surface area contributed by atoms with Gasteiger partial charge in [0.05, 0.1) is 11.6 Å². The van der Waals surface area contributed by atoms with Gasteiger partial charge in [0, 0.05) is 32.7 Å². The van der Waals surface area contributed by atoms with Gasteiger partial charge < -0.3 is 14.5 Å². The second kappa shape index (κ2) is 7.86. The minimum Gasteiger partial charge on any atom is -0.383 e. The summed E-state index contributed by atoms with van der Waals surface area (Å²) in [6.07, 6.45) is 2.76. The molecule has 1 aromatic carbocycles. The minimum atomic E-state index is -1.29. The van der Waals surface area contributed by atoms with Crippen LogP contribution in [0, 0.1) is 23.6 Å². The molecule has 2 saturated carbocycles. The van der Waals surface area contributed by atoms with Gasteiger partial charge in [-0.3, -0.25) is 24.1 Å². The fourth-order valence-corrected chi connectivity index (χ4v) is 6.90. The quantitative estimate of drug-likeness (QED) is 0.455. The third kappa shape index (κ3) is 3.07. The van der Waals surface area contributed by atoms with Crippen LogP contribution in [0.25, 0.3) is 0 Å². The van der Waals surface area contributed by atoms with Gasteiger partial charge in [-0.2, -0.15) is 0 Å². The molecule has 3 amide bonds. The molecular weight excluding hydrogens is 477 g/mol. The Hall–Kier alpha value is -2.78. The summed E-state index contributed by atoms with van der Waals surface area (Å²) in [5.41, 5.74) is 0.456. The first-order chi connectivity index (χ1) is 16.8. The van der Waals surface area contributed by atoms with E-state index >= 15 is 0 Å². The smallest absolute Gasteiger partial charge is 0.297 e. The molecule has 1 spiro atoms. The van der Waals surface area contributed by atoms with E-state index < -0.39 is 35.0 Å². The zero-order valence-corrected chi connectivity index (χ0v) is 20.0. The fraction of sp³-hybridized carbons (Fsp3) is 0.520. The van der Waals surface area contributed by atoms with Gasteiger partial charge in [0.15, 0.2) is 0 Å². The highest BCUT2D eigenvalue weighted by Crippen LogP contribution is 2.64. The molecule has 0 N–H and O–H groups in total. The molecule has 2 aliphatic carbocycles. The highest BCUT2D eigenvalue weighted by molar-refractivity contribution is 6.44.